The number of aromatic nitrogens is 2. The van der Waals surface area contributed by atoms with Crippen LogP contribution >= 0.6 is 0 Å². The van der Waals surface area contributed by atoms with E-state index in [-0.39, 0.29) is 0 Å². The van der Waals surface area contributed by atoms with E-state index in [9.17, 15) is 4.79 Å². The Morgan fingerprint density at radius 3 is 2.35 bits per heavy atom. The molecule has 26 heavy (non-hydrogen) atoms. The Kier molecular flexibility index (Phi) is 4.39. The summed E-state index contributed by atoms with van der Waals surface area (Å²) in [6, 6.07) is 4.51. The van der Waals surface area contributed by atoms with E-state index < -0.39 is 5.97 Å². The van der Waals surface area contributed by atoms with Crippen molar-refractivity contribution in [3.8, 4) is 0 Å². The second-order valence-corrected chi connectivity index (χ2v) is 7.58. The predicted octanol–water partition coefficient (Wildman–Crippen LogP) is 4.33. The number of aryl methyl sites for hydroxylation is 2. The van der Waals surface area contributed by atoms with Crippen LogP contribution in [0.2, 0.25) is 0 Å². The standard InChI is InChI=1S/C21H25N3O2/c1-3-26-19(25)16-12-22-20(23-13-16)24-17-10-14-6-4-8-21(2)9-5-7-15(11-17)18(14)21/h10-13H,3-9H2,1-2H3,(H,22,23,24). The van der Waals surface area contributed by atoms with Crippen molar-refractivity contribution >= 4 is 17.6 Å². The summed E-state index contributed by atoms with van der Waals surface area (Å²) in [5.74, 6) is 0.108. The van der Waals surface area contributed by atoms with Gasteiger partial charge in [-0.1, -0.05) is 6.92 Å². The minimum absolute atomic E-state index is 0.343. The van der Waals surface area contributed by atoms with Gasteiger partial charge in [0.15, 0.2) is 0 Å². The fourth-order valence-electron chi connectivity index (χ4n) is 4.56. The first-order chi connectivity index (χ1) is 12.6. The van der Waals surface area contributed by atoms with Crippen LogP contribution in [0.4, 0.5) is 11.6 Å². The van der Waals surface area contributed by atoms with Gasteiger partial charge in [0.05, 0.1) is 12.2 Å². The highest BCUT2D eigenvalue weighted by molar-refractivity contribution is 5.88. The number of nitrogens with one attached hydrogen (secondary N) is 1. The van der Waals surface area contributed by atoms with Crippen LogP contribution in [-0.2, 0) is 23.0 Å². The first kappa shape index (κ1) is 17.0. The van der Waals surface area contributed by atoms with Gasteiger partial charge in [0, 0.05) is 18.1 Å². The lowest BCUT2D eigenvalue weighted by Gasteiger charge is -2.41. The monoisotopic (exact) mass is 351 g/mol. The van der Waals surface area contributed by atoms with Crippen molar-refractivity contribution in [2.75, 3.05) is 11.9 Å². The lowest BCUT2D eigenvalue weighted by molar-refractivity contribution is 0.0525. The van der Waals surface area contributed by atoms with E-state index in [1.54, 1.807) is 12.5 Å². The molecule has 0 unspecified atom stereocenters. The maximum Gasteiger partial charge on any atom is 0.341 e. The minimum atomic E-state index is -0.392. The molecule has 0 amide bonds. The Labute approximate surface area is 154 Å². The molecule has 1 aromatic heterocycles. The van der Waals surface area contributed by atoms with Crippen LogP contribution in [0, 0.1) is 0 Å². The molecule has 1 N–H and O–H groups in total. The van der Waals surface area contributed by atoms with Gasteiger partial charge in [0.2, 0.25) is 5.95 Å². The number of anilines is 2. The summed E-state index contributed by atoms with van der Waals surface area (Å²) in [6.07, 6.45) is 10.4. The van der Waals surface area contributed by atoms with Crippen LogP contribution < -0.4 is 5.32 Å². The van der Waals surface area contributed by atoms with Crippen molar-refractivity contribution in [1.82, 2.24) is 9.97 Å². The minimum Gasteiger partial charge on any atom is -0.462 e. The fourth-order valence-corrected chi connectivity index (χ4v) is 4.56. The number of benzene rings is 1. The van der Waals surface area contributed by atoms with Crippen molar-refractivity contribution in [2.45, 2.75) is 57.8 Å². The third-order valence-electron chi connectivity index (χ3n) is 5.67. The number of rotatable bonds is 4. The van der Waals surface area contributed by atoms with Crippen molar-refractivity contribution in [3.05, 3.63) is 46.8 Å². The Morgan fingerprint density at radius 2 is 1.77 bits per heavy atom. The van der Waals surface area contributed by atoms with Crippen molar-refractivity contribution in [3.63, 3.8) is 0 Å². The number of nitrogens with zero attached hydrogens (tertiary/aromatic N) is 2. The van der Waals surface area contributed by atoms with Crippen molar-refractivity contribution < 1.29 is 9.53 Å². The zero-order chi connectivity index (χ0) is 18.1. The average molecular weight is 351 g/mol. The van der Waals surface area contributed by atoms with Crippen LogP contribution in [0.1, 0.15) is 66.6 Å². The molecule has 0 aliphatic heterocycles. The average Bonchev–Trinajstić information content (AvgIpc) is 2.62. The molecule has 136 valence electrons. The number of esters is 1. The van der Waals surface area contributed by atoms with Gasteiger partial charge in [-0.05, 0) is 79.7 Å². The molecule has 1 aromatic carbocycles. The molecule has 0 radical (unpaired) electrons. The van der Waals surface area contributed by atoms with E-state index in [0.717, 1.165) is 18.5 Å². The lowest BCUT2D eigenvalue weighted by atomic mass is 9.63. The van der Waals surface area contributed by atoms with Crippen LogP contribution in [0.3, 0.4) is 0 Å². The highest BCUT2D eigenvalue weighted by Crippen LogP contribution is 2.47. The van der Waals surface area contributed by atoms with Gasteiger partial charge in [0.1, 0.15) is 0 Å². The van der Waals surface area contributed by atoms with E-state index >= 15 is 0 Å². The summed E-state index contributed by atoms with van der Waals surface area (Å²) >= 11 is 0. The summed E-state index contributed by atoms with van der Waals surface area (Å²) in [6.45, 7) is 4.55. The van der Waals surface area contributed by atoms with Crippen molar-refractivity contribution in [1.29, 1.82) is 0 Å². The summed E-state index contributed by atoms with van der Waals surface area (Å²) in [5.41, 5.74) is 6.31. The topological polar surface area (TPSA) is 64.1 Å². The van der Waals surface area contributed by atoms with Crippen molar-refractivity contribution in [2.24, 2.45) is 0 Å². The maximum atomic E-state index is 11.7. The van der Waals surface area contributed by atoms with E-state index in [0.29, 0.717) is 23.5 Å². The highest BCUT2D eigenvalue weighted by Gasteiger charge is 2.36. The van der Waals surface area contributed by atoms with Gasteiger partial charge in [-0.15, -0.1) is 0 Å². The first-order valence-corrected chi connectivity index (χ1v) is 9.51. The van der Waals surface area contributed by atoms with Crippen LogP contribution in [0.25, 0.3) is 0 Å². The lowest BCUT2D eigenvalue weighted by Crippen LogP contribution is -2.32. The Morgan fingerprint density at radius 1 is 1.15 bits per heavy atom. The van der Waals surface area contributed by atoms with Crippen LogP contribution in [0.15, 0.2) is 24.5 Å². The molecule has 0 bridgehead atoms. The second kappa shape index (κ2) is 6.71. The molecule has 2 aliphatic rings. The van der Waals surface area contributed by atoms with Gasteiger partial charge < -0.3 is 10.1 Å². The maximum absolute atomic E-state index is 11.7. The summed E-state index contributed by atoms with van der Waals surface area (Å²) < 4.78 is 4.97. The molecule has 5 nitrogen and oxygen atoms in total. The molecule has 1 heterocycles. The largest absolute Gasteiger partial charge is 0.462 e. The first-order valence-electron chi connectivity index (χ1n) is 9.51. The van der Waals surface area contributed by atoms with Gasteiger partial charge in [0.25, 0.3) is 0 Å². The molecule has 2 aliphatic carbocycles. The molecule has 0 atom stereocenters. The van der Waals surface area contributed by atoms with Gasteiger partial charge in [-0.25, -0.2) is 14.8 Å². The third kappa shape index (κ3) is 3.06. The summed E-state index contributed by atoms with van der Waals surface area (Å²) in [4.78, 5) is 20.2. The Hall–Kier alpha value is -2.43. The zero-order valence-corrected chi connectivity index (χ0v) is 15.5. The third-order valence-corrected chi connectivity index (χ3v) is 5.67. The molecule has 0 saturated heterocycles. The van der Waals surface area contributed by atoms with Crippen LogP contribution in [-0.4, -0.2) is 22.5 Å². The molecule has 0 spiro atoms. The molecule has 2 aromatic rings. The molecule has 4 rings (SSSR count). The number of carbonyl (C=O) groups excluding carboxylic acids is 1. The summed E-state index contributed by atoms with van der Waals surface area (Å²) in [5, 5.41) is 3.30. The van der Waals surface area contributed by atoms with Gasteiger partial charge >= 0.3 is 5.97 Å². The molecular weight excluding hydrogens is 326 g/mol. The highest BCUT2D eigenvalue weighted by atomic mass is 16.5. The van der Waals surface area contributed by atoms with E-state index in [1.165, 1.54) is 49.2 Å². The zero-order valence-electron chi connectivity index (χ0n) is 15.5. The fraction of sp³-hybridized carbons (Fsp3) is 0.476. The predicted molar refractivity (Wildman–Crippen MR) is 101 cm³/mol. The molecular formula is C21H25N3O2. The number of hydrogen-bond acceptors (Lipinski definition) is 5. The summed E-state index contributed by atoms with van der Waals surface area (Å²) in [7, 11) is 0. The molecule has 5 heteroatoms. The SMILES string of the molecule is CCOC(=O)c1cnc(Nc2cc3c4c(c2)CCCC4(C)CCC3)nc1. The molecule has 0 fully saturated rings. The number of ether oxygens (including phenoxy) is 1. The van der Waals surface area contributed by atoms with Crippen LogP contribution in [0.5, 0.6) is 0 Å². The second-order valence-electron chi connectivity index (χ2n) is 7.58. The Bertz CT molecular complexity index is 799. The van der Waals surface area contributed by atoms with E-state index in [1.807, 2.05) is 0 Å². The smallest absolute Gasteiger partial charge is 0.341 e. The molecule has 0 saturated carbocycles. The van der Waals surface area contributed by atoms with Gasteiger partial charge in [-0.2, -0.15) is 0 Å². The Balaban J connectivity index is 1.59. The number of hydrogen-bond donors (Lipinski definition) is 1. The van der Waals surface area contributed by atoms with E-state index in [4.69, 9.17) is 4.74 Å². The normalized spacial score (nSPS) is 17.3. The number of carbonyl (C=O) groups is 1. The van der Waals surface area contributed by atoms with E-state index in [2.05, 4.69) is 34.3 Å². The quantitative estimate of drug-likeness (QED) is 0.831. The van der Waals surface area contributed by atoms with Gasteiger partial charge in [-0.3, -0.25) is 0 Å².